The summed E-state index contributed by atoms with van der Waals surface area (Å²) in [7, 11) is -1.52. The number of nitrogens with zero attached hydrogens (tertiary/aromatic N) is 1. The van der Waals surface area contributed by atoms with E-state index in [0.717, 1.165) is 17.5 Å². The maximum Gasteiger partial charge on any atom is 0.211 e. The molecule has 0 saturated carbocycles. The van der Waals surface area contributed by atoms with Gasteiger partial charge in [-0.25, -0.2) is 8.42 Å². The fourth-order valence-corrected chi connectivity index (χ4v) is 3.14. The van der Waals surface area contributed by atoms with Crippen molar-refractivity contribution >= 4 is 10.0 Å². The minimum atomic E-state index is -3.13. The van der Waals surface area contributed by atoms with E-state index in [4.69, 9.17) is 10.5 Å². The first-order valence-corrected chi connectivity index (χ1v) is 8.08. The highest BCUT2D eigenvalue weighted by molar-refractivity contribution is 7.88. The van der Waals surface area contributed by atoms with Crippen molar-refractivity contribution in [1.82, 2.24) is 4.31 Å². The lowest BCUT2D eigenvalue weighted by atomic mass is 9.96. The Morgan fingerprint density at radius 2 is 2.16 bits per heavy atom. The molecular weight excluding hydrogens is 264 g/mol. The quantitative estimate of drug-likeness (QED) is 0.881. The smallest absolute Gasteiger partial charge is 0.211 e. The third kappa shape index (κ3) is 3.33. The SMILES string of the molecule is COCC(N)c1ccc2c(c1)CN(S(C)(=O)=O)CC2. The van der Waals surface area contributed by atoms with Crippen LogP contribution >= 0.6 is 0 Å². The van der Waals surface area contributed by atoms with Gasteiger partial charge in [0.15, 0.2) is 0 Å². The molecule has 2 rings (SSSR count). The molecule has 19 heavy (non-hydrogen) atoms. The van der Waals surface area contributed by atoms with Crippen LogP contribution in [0, 0.1) is 0 Å². The molecule has 2 N–H and O–H groups in total. The molecule has 1 aliphatic rings. The van der Waals surface area contributed by atoms with Gasteiger partial charge < -0.3 is 10.5 Å². The molecule has 0 amide bonds. The lowest BCUT2D eigenvalue weighted by Crippen LogP contribution is -2.35. The first kappa shape index (κ1) is 14.5. The molecule has 1 aromatic rings. The van der Waals surface area contributed by atoms with Crippen LogP contribution in [0.5, 0.6) is 0 Å². The Kier molecular flexibility index (Phi) is 4.25. The number of methoxy groups -OCH3 is 1. The van der Waals surface area contributed by atoms with Crippen molar-refractivity contribution < 1.29 is 13.2 Å². The Bertz CT molecular complexity index is 557. The lowest BCUT2D eigenvalue weighted by molar-refractivity contribution is 0.181. The van der Waals surface area contributed by atoms with Gasteiger partial charge in [-0.1, -0.05) is 18.2 Å². The van der Waals surface area contributed by atoms with Crippen LogP contribution in [0.1, 0.15) is 22.7 Å². The molecule has 0 bridgehead atoms. The number of benzene rings is 1. The van der Waals surface area contributed by atoms with Crippen molar-refractivity contribution in [2.75, 3.05) is 26.5 Å². The van der Waals surface area contributed by atoms with Gasteiger partial charge in [-0.2, -0.15) is 4.31 Å². The number of fused-ring (bicyclic) bond motifs is 1. The van der Waals surface area contributed by atoms with E-state index in [-0.39, 0.29) is 6.04 Å². The maximum atomic E-state index is 11.6. The maximum absolute atomic E-state index is 11.6. The Balaban J connectivity index is 2.25. The van der Waals surface area contributed by atoms with Crippen LogP contribution in [0.25, 0.3) is 0 Å². The summed E-state index contributed by atoms with van der Waals surface area (Å²) in [5.74, 6) is 0. The second-order valence-corrected chi connectivity index (χ2v) is 6.92. The van der Waals surface area contributed by atoms with Crippen LogP contribution in [0.3, 0.4) is 0 Å². The summed E-state index contributed by atoms with van der Waals surface area (Å²) in [5.41, 5.74) is 9.23. The summed E-state index contributed by atoms with van der Waals surface area (Å²) < 4.78 is 29.7. The van der Waals surface area contributed by atoms with E-state index in [0.29, 0.717) is 19.7 Å². The van der Waals surface area contributed by atoms with Crippen LogP contribution in [-0.4, -0.2) is 39.2 Å². The Morgan fingerprint density at radius 3 is 2.79 bits per heavy atom. The monoisotopic (exact) mass is 284 g/mol. The topological polar surface area (TPSA) is 72.6 Å². The van der Waals surface area contributed by atoms with Crippen LogP contribution < -0.4 is 5.73 Å². The first-order chi connectivity index (χ1) is 8.91. The molecule has 106 valence electrons. The van der Waals surface area contributed by atoms with Gasteiger partial charge >= 0.3 is 0 Å². The standard InChI is InChI=1S/C13H20N2O3S/c1-18-9-13(14)11-4-3-10-5-6-15(19(2,16)17)8-12(10)7-11/h3-4,7,13H,5-6,8-9,14H2,1-2H3. The predicted octanol–water partition coefficient (Wildman–Crippen LogP) is 0.651. The van der Waals surface area contributed by atoms with E-state index in [1.165, 1.54) is 16.1 Å². The Labute approximate surface area is 114 Å². The van der Waals surface area contributed by atoms with Gasteiger partial charge in [-0.3, -0.25) is 0 Å². The van der Waals surface area contributed by atoms with Gasteiger partial charge in [0, 0.05) is 20.2 Å². The fraction of sp³-hybridized carbons (Fsp3) is 0.538. The zero-order chi connectivity index (χ0) is 14.0. The summed E-state index contributed by atoms with van der Waals surface area (Å²) in [4.78, 5) is 0. The molecule has 1 heterocycles. The average molecular weight is 284 g/mol. The first-order valence-electron chi connectivity index (χ1n) is 6.23. The normalized spacial score (nSPS) is 18.1. The molecule has 5 nitrogen and oxygen atoms in total. The molecule has 0 radical (unpaired) electrons. The van der Waals surface area contributed by atoms with Gasteiger partial charge in [-0.05, 0) is 23.1 Å². The molecule has 0 fully saturated rings. The number of rotatable bonds is 4. The Hall–Kier alpha value is -0.950. The van der Waals surface area contributed by atoms with Crippen molar-refractivity contribution in [2.45, 2.75) is 19.0 Å². The van der Waals surface area contributed by atoms with Gasteiger partial charge in [0.25, 0.3) is 0 Å². The highest BCUT2D eigenvalue weighted by Crippen LogP contribution is 2.24. The van der Waals surface area contributed by atoms with Crippen molar-refractivity contribution in [3.63, 3.8) is 0 Å². The van der Waals surface area contributed by atoms with E-state index < -0.39 is 10.0 Å². The van der Waals surface area contributed by atoms with Crippen LogP contribution in [0.4, 0.5) is 0 Å². The second-order valence-electron chi connectivity index (χ2n) is 4.94. The van der Waals surface area contributed by atoms with Gasteiger partial charge in [0.2, 0.25) is 10.0 Å². The molecule has 1 aromatic carbocycles. The van der Waals surface area contributed by atoms with E-state index in [2.05, 4.69) is 0 Å². The third-order valence-electron chi connectivity index (χ3n) is 3.45. The summed E-state index contributed by atoms with van der Waals surface area (Å²) in [6.07, 6.45) is 2.00. The third-order valence-corrected chi connectivity index (χ3v) is 4.70. The van der Waals surface area contributed by atoms with Crippen molar-refractivity contribution in [3.8, 4) is 0 Å². The highest BCUT2D eigenvalue weighted by atomic mass is 32.2. The Morgan fingerprint density at radius 1 is 1.42 bits per heavy atom. The zero-order valence-corrected chi connectivity index (χ0v) is 12.1. The van der Waals surface area contributed by atoms with Crippen molar-refractivity contribution in [1.29, 1.82) is 0 Å². The number of sulfonamides is 1. The average Bonchev–Trinajstić information content (AvgIpc) is 2.36. The van der Waals surface area contributed by atoms with Crippen LogP contribution in [-0.2, 0) is 27.7 Å². The number of hydrogen-bond donors (Lipinski definition) is 1. The van der Waals surface area contributed by atoms with Crippen LogP contribution in [0.15, 0.2) is 18.2 Å². The minimum Gasteiger partial charge on any atom is -0.383 e. The molecule has 0 saturated heterocycles. The molecule has 1 unspecified atom stereocenters. The summed E-state index contributed by atoms with van der Waals surface area (Å²) >= 11 is 0. The summed E-state index contributed by atoms with van der Waals surface area (Å²) in [6, 6.07) is 5.86. The zero-order valence-electron chi connectivity index (χ0n) is 11.3. The van der Waals surface area contributed by atoms with Crippen molar-refractivity contribution in [3.05, 3.63) is 34.9 Å². The summed E-state index contributed by atoms with van der Waals surface area (Å²) in [6.45, 7) is 1.44. The number of ether oxygens (including phenoxy) is 1. The lowest BCUT2D eigenvalue weighted by Gasteiger charge is -2.27. The fourth-order valence-electron chi connectivity index (χ4n) is 2.34. The predicted molar refractivity (Wildman–Crippen MR) is 74.2 cm³/mol. The van der Waals surface area contributed by atoms with Crippen molar-refractivity contribution in [2.24, 2.45) is 5.73 Å². The highest BCUT2D eigenvalue weighted by Gasteiger charge is 2.23. The summed E-state index contributed by atoms with van der Waals surface area (Å²) in [5, 5.41) is 0. The molecule has 1 aliphatic heterocycles. The van der Waals surface area contributed by atoms with Gasteiger partial charge in [-0.15, -0.1) is 0 Å². The molecule has 0 aliphatic carbocycles. The van der Waals surface area contributed by atoms with E-state index in [1.54, 1.807) is 7.11 Å². The van der Waals surface area contributed by atoms with E-state index >= 15 is 0 Å². The van der Waals surface area contributed by atoms with Gasteiger partial charge in [0.1, 0.15) is 0 Å². The largest absolute Gasteiger partial charge is 0.383 e. The minimum absolute atomic E-state index is 0.177. The molecular formula is C13H20N2O3S. The van der Waals surface area contributed by atoms with Crippen LogP contribution in [0.2, 0.25) is 0 Å². The van der Waals surface area contributed by atoms with E-state index in [9.17, 15) is 8.42 Å². The van der Waals surface area contributed by atoms with Gasteiger partial charge in [0.05, 0.1) is 18.9 Å². The number of hydrogen-bond acceptors (Lipinski definition) is 4. The second kappa shape index (κ2) is 5.58. The van der Waals surface area contributed by atoms with E-state index in [1.807, 2.05) is 18.2 Å². The molecule has 6 heteroatoms. The number of nitrogens with two attached hydrogens (primary N) is 1. The molecule has 1 atom stereocenters. The molecule has 0 spiro atoms. The molecule has 0 aromatic heterocycles.